The van der Waals surface area contributed by atoms with Gasteiger partial charge in [0.2, 0.25) is 0 Å². The molecule has 5 heteroatoms. The zero-order valence-corrected chi connectivity index (χ0v) is 9.05. The van der Waals surface area contributed by atoms with Crippen molar-refractivity contribution in [3.05, 3.63) is 40.4 Å². The Kier molecular flexibility index (Phi) is 2.70. The van der Waals surface area contributed by atoms with E-state index in [-0.39, 0.29) is 10.0 Å². The Morgan fingerprint density at radius 3 is 2.53 bits per heavy atom. The molecule has 0 aliphatic carbocycles. The second-order valence-corrected chi connectivity index (χ2v) is 4.41. The fourth-order valence-electron chi connectivity index (χ4n) is 1.14. The van der Waals surface area contributed by atoms with E-state index in [1.165, 1.54) is 11.3 Å². The summed E-state index contributed by atoms with van der Waals surface area (Å²) in [4.78, 5) is 14.7. The molecule has 0 saturated carbocycles. The molecular weight excluding hydrogens is 234 g/mol. The van der Waals surface area contributed by atoms with Crippen LogP contribution in [0.4, 0.5) is 0 Å². The van der Waals surface area contributed by atoms with Crippen LogP contribution in [-0.2, 0) is 0 Å². The summed E-state index contributed by atoms with van der Waals surface area (Å²) in [5.41, 5.74) is 0.789. The minimum absolute atomic E-state index is 0.0829. The highest BCUT2D eigenvalue weighted by Gasteiger charge is 2.16. The van der Waals surface area contributed by atoms with E-state index in [2.05, 4.69) is 4.98 Å². The van der Waals surface area contributed by atoms with Crippen molar-refractivity contribution < 1.29 is 9.90 Å². The molecule has 1 aromatic heterocycles. The van der Waals surface area contributed by atoms with Gasteiger partial charge < -0.3 is 5.11 Å². The molecule has 0 amide bonds. The van der Waals surface area contributed by atoms with Crippen LogP contribution in [-0.4, -0.2) is 16.1 Å². The summed E-state index contributed by atoms with van der Waals surface area (Å²) in [5, 5.41) is 9.41. The van der Waals surface area contributed by atoms with E-state index >= 15 is 0 Å². The van der Waals surface area contributed by atoms with Crippen LogP contribution < -0.4 is 0 Å². The van der Waals surface area contributed by atoms with Crippen molar-refractivity contribution in [2.24, 2.45) is 0 Å². The maximum atomic E-state index is 10.7. The van der Waals surface area contributed by atoms with Crippen LogP contribution in [0.3, 0.4) is 0 Å². The molecule has 3 nitrogen and oxygen atoms in total. The summed E-state index contributed by atoms with van der Waals surface area (Å²) in [6.45, 7) is 0. The first-order valence-electron chi connectivity index (χ1n) is 4.13. The largest absolute Gasteiger partial charge is 0.476 e. The highest BCUT2D eigenvalue weighted by atomic mass is 35.5. The fraction of sp³-hybridized carbons (Fsp3) is 0. The number of thiazole rings is 1. The summed E-state index contributed by atoms with van der Waals surface area (Å²) in [6, 6.07) is 9.34. The van der Waals surface area contributed by atoms with E-state index in [0.29, 0.717) is 5.01 Å². The molecule has 0 atom stereocenters. The van der Waals surface area contributed by atoms with Gasteiger partial charge in [0, 0.05) is 5.56 Å². The Morgan fingerprint density at radius 2 is 2.00 bits per heavy atom. The maximum Gasteiger partial charge on any atom is 0.356 e. The van der Waals surface area contributed by atoms with E-state index in [1.807, 2.05) is 30.3 Å². The molecule has 0 fully saturated rings. The normalized spacial score (nSPS) is 10.2. The number of rotatable bonds is 2. The van der Waals surface area contributed by atoms with Gasteiger partial charge in [-0.3, -0.25) is 0 Å². The quantitative estimate of drug-likeness (QED) is 0.876. The molecule has 0 bridgehead atoms. The molecule has 0 unspecified atom stereocenters. The average Bonchev–Trinajstić information content (AvgIpc) is 2.62. The van der Waals surface area contributed by atoms with Gasteiger partial charge in [-0.1, -0.05) is 41.9 Å². The Bertz CT molecular complexity index is 495. The van der Waals surface area contributed by atoms with Gasteiger partial charge in [0.25, 0.3) is 0 Å². The number of nitrogens with zero attached hydrogens (tertiary/aromatic N) is 1. The molecule has 1 heterocycles. The Balaban J connectivity index is 2.48. The van der Waals surface area contributed by atoms with Gasteiger partial charge in [-0.15, -0.1) is 11.3 Å². The molecule has 0 radical (unpaired) electrons. The van der Waals surface area contributed by atoms with Crippen LogP contribution in [0.15, 0.2) is 30.3 Å². The zero-order chi connectivity index (χ0) is 10.8. The van der Waals surface area contributed by atoms with Gasteiger partial charge in [0.05, 0.1) is 0 Å². The standard InChI is InChI=1S/C10H6ClNO2S/c11-8-7(10(13)14)12-9(15-8)6-4-2-1-3-5-6/h1-5H,(H,13,14). The Hall–Kier alpha value is -1.39. The number of aromatic carboxylic acids is 1. The third kappa shape index (κ3) is 2.00. The number of benzene rings is 1. The summed E-state index contributed by atoms with van der Waals surface area (Å²) >= 11 is 6.93. The highest BCUT2D eigenvalue weighted by Crippen LogP contribution is 2.31. The minimum atomic E-state index is -1.10. The summed E-state index contributed by atoms with van der Waals surface area (Å²) < 4.78 is 0.210. The van der Waals surface area contributed by atoms with Crippen molar-refractivity contribution >= 4 is 28.9 Å². The van der Waals surface area contributed by atoms with Gasteiger partial charge in [0.15, 0.2) is 5.69 Å². The molecule has 0 aliphatic heterocycles. The van der Waals surface area contributed by atoms with Crippen LogP contribution in [0.5, 0.6) is 0 Å². The number of carbonyl (C=O) groups is 1. The van der Waals surface area contributed by atoms with Crippen LogP contribution in [0, 0.1) is 0 Å². The van der Waals surface area contributed by atoms with Gasteiger partial charge in [0.1, 0.15) is 9.34 Å². The minimum Gasteiger partial charge on any atom is -0.476 e. The molecule has 1 N–H and O–H groups in total. The highest BCUT2D eigenvalue weighted by molar-refractivity contribution is 7.19. The lowest BCUT2D eigenvalue weighted by atomic mass is 10.2. The van der Waals surface area contributed by atoms with Gasteiger partial charge in [-0.25, -0.2) is 9.78 Å². The molecule has 2 rings (SSSR count). The summed E-state index contributed by atoms with van der Waals surface area (Å²) in [7, 11) is 0. The number of carboxylic acid groups (broad SMARTS) is 1. The van der Waals surface area contributed by atoms with E-state index < -0.39 is 5.97 Å². The van der Waals surface area contributed by atoms with Crippen molar-refractivity contribution in [1.29, 1.82) is 0 Å². The monoisotopic (exact) mass is 239 g/mol. The van der Waals surface area contributed by atoms with Crippen molar-refractivity contribution in [1.82, 2.24) is 4.98 Å². The first kappa shape index (κ1) is 10.1. The molecular formula is C10H6ClNO2S. The maximum absolute atomic E-state index is 10.7. The molecule has 0 aliphatic rings. The first-order valence-corrected chi connectivity index (χ1v) is 5.33. The van der Waals surface area contributed by atoms with Crippen LogP contribution >= 0.6 is 22.9 Å². The number of carboxylic acids is 1. The molecule has 0 saturated heterocycles. The predicted octanol–water partition coefficient (Wildman–Crippen LogP) is 3.16. The second-order valence-electron chi connectivity index (χ2n) is 2.81. The number of aromatic nitrogens is 1. The molecule has 1 aromatic carbocycles. The lowest BCUT2D eigenvalue weighted by Crippen LogP contribution is -1.96. The van der Waals surface area contributed by atoms with E-state index in [1.54, 1.807) is 0 Å². The van der Waals surface area contributed by atoms with Gasteiger partial charge >= 0.3 is 5.97 Å². The number of hydrogen-bond donors (Lipinski definition) is 1. The molecule has 2 aromatic rings. The van der Waals surface area contributed by atoms with Gasteiger partial charge in [-0.2, -0.15) is 0 Å². The number of halogens is 1. The first-order chi connectivity index (χ1) is 7.18. The van der Waals surface area contributed by atoms with Crippen LogP contribution in [0.1, 0.15) is 10.5 Å². The topological polar surface area (TPSA) is 50.2 Å². The van der Waals surface area contributed by atoms with Gasteiger partial charge in [-0.05, 0) is 0 Å². The van der Waals surface area contributed by atoms with Crippen molar-refractivity contribution in [3.8, 4) is 10.6 Å². The molecule has 76 valence electrons. The third-order valence-electron chi connectivity index (χ3n) is 1.81. The number of hydrogen-bond acceptors (Lipinski definition) is 3. The van der Waals surface area contributed by atoms with Crippen molar-refractivity contribution in [3.63, 3.8) is 0 Å². The molecule has 15 heavy (non-hydrogen) atoms. The van der Waals surface area contributed by atoms with Crippen LogP contribution in [0.25, 0.3) is 10.6 Å². The SMILES string of the molecule is O=C(O)c1nc(-c2ccccc2)sc1Cl. The third-order valence-corrected chi connectivity index (χ3v) is 3.11. The zero-order valence-electron chi connectivity index (χ0n) is 7.48. The van der Waals surface area contributed by atoms with Crippen LogP contribution in [0.2, 0.25) is 4.34 Å². The second kappa shape index (κ2) is 4.00. The lowest BCUT2D eigenvalue weighted by Gasteiger charge is -1.92. The Labute approximate surface area is 95.0 Å². The van der Waals surface area contributed by atoms with E-state index in [0.717, 1.165) is 5.56 Å². The van der Waals surface area contributed by atoms with E-state index in [9.17, 15) is 4.79 Å². The summed E-state index contributed by atoms with van der Waals surface area (Å²) in [6.07, 6.45) is 0. The predicted molar refractivity (Wildman–Crippen MR) is 59.5 cm³/mol. The fourth-order valence-corrected chi connectivity index (χ4v) is 2.27. The smallest absolute Gasteiger partial charge is 0.356 e. The van der Waals surface area contributed by atoms with E-state index in [4.69, 9.17) is 16.7 Å². The average molecular weight is 240 g/mol. The molecule has 0 spiro atoms. The summed E-state index contributed by atoms with van der Waals surface area (Å²) in [5.74, 6) is -1.10. The lowest BCUT2D eigenvalue weighted by molar-refractivity contribution is 0.0691. The Morgan fingerprint density at radius 1 is 1.33 bits per heavy atom. The van der Waals surface area contributed by atoms with Crippen molar-refractivity contribution in [2.75, 3.05) is 0 Å². The van der Waals surface area contributed by atoms with Crippen molar-refractivity contribution in [2.45, 2.75) is 0 Å².